The zero-order chi connectivity index (χ0) is 14.1. The fraction of sp³-hybridized carbons (Fsp3) is 0.467. The largest absolute Gasteiger partial charge is 0.342 e. The molecule has 3 rings (SSSR count). The maximum Gasteiger partial charge on any atom is 0.254 e. The number of nitrogens with zero attached hydrogens (tertiary/aromatic N) is 2. The number of carbonyl (C=O) groups is 1. The number of hydrogen-bond donors (Lipinski definition) is 2. The minimum atomic E-state index is 0.106. The number of amides is 1. The summed E-state index contributed by atoms with van der Waals surface area (Å²) < 4.78 is 0. The molecule has 106 valence electrons. The number of rotatable bonds is 2. The van der Waals surface area contributed by atoms with Crippen LogP contribution in [0.1, 0.15) is 35.9 Å². The number of hydrogen-bond acceptors (Lipinski definition) is 3. The number of aromatic amines is 1. The van der Waals surface area contributed by atoms with Gasteiger partial charge in [-0.2, -0.15) is 0 Å². The Morgan fingerprint density at radius 3 is 2.75 bits per heavy atom. The summed E-state index contributed by atoms with van der Waals surface area (Å²) in [5, 5.41) is 3.26. The summed E-state index contributed by atoms with van der Waals surface area (Å²) >= 11 is 0. The van der Waals surface area contributed by atoms with Gasteiger partial charge in [0.25, 0.3) is 5.91 Å². The van der Waals surface area contributed by atoms with Crippen molar-refractivity contribution in [3.8, 4) is 0 Å². The van der Waals surface area contributed by atoms with Crippen molar-refractivity contribution in [2.75, 3.05) is 26.2 Å². The molecule has 1 aromatic heterocycles. The standard InChI is InChI=1S/C15H20N4O/c1-10(2)14-17-12-4-3-11(9-13(12)18-14)15(20)19-7-5-16-6-8-19/h3-4,9-10,16H,5-8H2,1-2H3,(H,17,18). The SMILES string of the molecule is CC(C)c1nc2ccc(C(=O)N3CCNCC3)cc2[nH]1. The monoisotopic (exact) mass is 272 g/mol. The van der Waals surface area contributed by atoms with Crippen LogP contribution in [-0.2, 0) is 0 Å². The Morgan fingerprint density at radius 2 is 2.05 bits per heavy atom. The lowest BCUT2D eigenvalue weighted by molar-refractivity contribution is 0.0736. The van der Waals surface area contributed by atoms with Crippen LogP contribution < -0.4 is 5.32 Å². The van der Waals surface area contributed by atoms with Gasteiger partial charge in [0.05, 0.1) is 11.0 Å². The Labute approximate surface area is 118 Å². The molecule has 1 aromatic carbocycles. The molecule has 1 amide bonds. The number of imidazole rings is 1. The first-order valence-corrected chi connectivity index (χ1v) is 7.15. The van der Waals surface area contributed by atoms with Crippen LogP contribution in [0.25, 0.3) is 11.0 Å². The molecule has 0 atom stereocenters. The van der Waals surface area contributed by atoms with Crippen LogP contribution in [0.15, 0.2) is 18.2 Å². The molecule has 0 unspecified atom stereocenters. The molecule has 2 heterocycles. The van der Waals surface area contributed by atoms with E-state index in [-0.39, 0.29) is 5.91 Å². The van der Waals surface area contributed by atoms with Crippen molar-refractivity contribution in [2.24, 2.45) is 0 Å². The van der Waals surface area contributed by atoms with E-state index in [0.29, 0.717) is 5.92 Å². The molecule has 1 aliphatic heterocycles. The van der Waals surface area contributed by atoms with E-state index in [4.69, 9.17) is 0 Å². The molecule has 2 aromatic rings. The van der Waals surface area contributed by atoms with Gasteiger partial charge in [-0.15, -0.1) is 0 Å². The van der Waals surface area contributed by atoms with Gasteiger partial charge in [-0.05, 0) is 18.2 Å². The fourth-order valence-electron chi connectivity index (χ4n) is 2.49. The molecule has 5 heteroatoms. The minimum Gasteiger partial charge on any atom is -0.342 e. The number of H-pyrrole nitrogens is 1. The van der Waals surface area contributed by atoms with Crippen LogP contribution in [-0.4, -0.2) is 47.0 Å². The highest BCUT2D eigenvalue weighted by Gasteiger charge is 2.18. The molecule has 0 bridgehead atoms. The molecule has 0 spiro atoms. The van der Waals surface area contributed by atoms with Crippen molar-refractivity contribution in [2.45, 2.75) is 19.8 Å². The second-order valence-corrected chi connectivity index (χ2v) is 5.55. The van der Waals surface area contributed by atoms with Crippen LogP contribution in [0.2, 0.25) is 0 Å². The van der Waals surface area contributed by atoms with Gasteiger partial charge >= 0.3 is 0 Å². The normalized spacial score (nSPS) is 16.1. The molecule has 20 heavy (non-hydrogen) atoms. The van der Waals surface area contributed by atoms with Gasteiger partial charge in [-0.3, -0.25) is 4.79 Å². The summed E-state index contributed by atoms with van der Waals surface area (Å²) in [5.41, 5.74) is 2.60. The van der Waals surface area contributed by atoms with Crippen molar-refractivity contribution in [3.63, 3.8) is 0 Å². The van der Waals surface area contributed by atoms with Gasteiger partial charge in [0, 0.05) is 37.7 Å². The topological polar surface area (TPSA) is 61.0 Å². The number of nitrogens with one attached hydrogen (secondary N) is 2. The molecule has 1 fully saturated rings. The van der Waals surface area contributed by atoms with E-state index < -0.39 is 0 Å². The number of benzene rings is 1. The first-order valence-electron chi connectivity index (χ1n) is 7.15. The molecule has 1 saturated heterocycles. The lowest BCUT2D eigenvalue weighted by Gasteiger charge is -2.27. The van der Waals surface area contributed by atoms with Crippen LogP contribution in [0.5, 0.6) is 0 Å². The predicted molar refractivity (Wildman–Crippen MR) is 79.0 cm³/mol. The number of piperazine rings is 1. The number of carbonyl (C=O) groups excluding carboxylic acids is 1. The average Bonchev–Trinajstić information content (AvgIpc) is 2.90. The van der Waals surface area contributed by atoms with E-state index in [2.05, 4.69) is 29.1 Å². The summed E-state index contributed by atoms with van der Waals surface area (Å²) in [6, 6.07) is 5.71. The average molecular weight is 272 g/mol. The van der Waals surface area contributed by atoms with Crippen LogP contribution in [0, 0.1) is 0 Å². The van der Waals surface area contributed by atoms with E-state index >= 15 is 0 Å². The highest BCUT2D eigenvalue weighted by molar-refractivity contribution is 5.97. The van der Waals surface area contributed by atoms with E-state index in [1.54, 1.807) is 0 Å². The highest BCUT2D eigenvalue weighted by atomic mass is 16.2. The van der Waals surface area contributed by atoms with Crippen LogP contribution in [0.3, 0.4) is 0 Å². The Bertz CT molecular complexity index is 626. The summed E-state index contributed by atoms with van der Waals surface area (Å²) in [6.07, 6.45) is 0. The molecular formula is C15H20N4O. The predicted octanol–water partition coefficient (Wildman–Crippen LogP) is 1.73. The summed E-state index contributed by atoms with van der Waals surface area (Å²) in [5.74, 6) is 1.43. The third kappa shape index (κ3) is 2.41. The van der Waals surface area contributed by atoms with Crippen molar-refractivity contribution in [1.82, 2.24) is 20.2 Å². The number of aromatic nitrogens is 2. The lowest BCUT2D eigenvalue weighted by atomic mass is 10.1. The summed E-state index contributed by atoms with van der Waals surface area (Å²) in [4.78, 5) is 22.2. The molecule has 1 aliphatic rings. The maximum absolute atomic E-state index is 12.4. The van der Waals surface area contributed by atoms with Crippen molar-refractivity contribution in [1.29, 1.82) is 0 Å². The minimum absolute atomic E-state index is 0.106. The van der Waals surface area contributed by atoms with Gasteiger partial charge in [0.1, 0.15) is 5.82 Å². The first-order chi connectivity index (χ1) is 9.65. The molecule has 0 saturated carbocycles. The zero-order valence-electron chi connectivity index (χ0n) is 11.9. The van der Waals surface area contributed by atoms with Crippen molar-refractivity contribution >= 4 is 16.9 Å². The third-order valence-electron chi connectivity index (χ3n) is 3.70. The summed E-state index contributed by atoms with van der Waals surface area (Å²) in [6.45, 7) is 7.49. The van der Waals surface area contributed by atoms with Gasteiger partial charge in [0.15, 0.2) is 0 Å². The first kappa shape index (κ1) is 13.1. The molecular weight excluding hydrogens is 252 g/mol. The Kier molecular flexibility index (Phi) is 3.44. The molecule has 2 N–H and O–H groups in total. The Balaban J connectivity index is 1.89. The molecule has 5 nitrogen and oxygen atoms in total. The Morgan fingerprint density at radius 1 is 1.30 bits per heavy atom. The van der Waals surface area contributed by atoms with Gasteiger partial charge in [0.2, 0.25) is 0 Å². The van der Waals surface area contributed by atoms with Gasteiger partial charge < -0.3 is 15.2 Å². The smallest absolute Gasteiger partial charge is 0.254 e. The van der Waals surface area contributed by atoms with Crippen LogP contribution in [0.4, 0.5) is 0 Å². The van der Waals surface area contributed by atoms with E-state index in [1.807, 2.05) is 23.1 Å². The van der Waals surface area contributed by atoms with Crippen molar-refractivity contribution < 1.29 is 4.79 Å². The Hall–Kier alpha value is -1.88. The van der Waals surface area contributed by atoms with Gasteiger partial charge in [-0.25, -0.2) is 4.98 Å². The third-order valence-corrected chi connectivity index (χ3v) is 3.70. The van der Waals surface area contributed by atoms with E-state index in [1.165, 1.54) is 0 Å². The van der Waals surface area contributed by atoms with E-state index in [9.17, 15) is 4.79 Å². The van der Waals surface area contributed by atoms with Gasteiger partial charge in [-0.1, -0.05) is 13.8 Å². The molecule has 0 aliphatic carbocycles. The zero-order valence-corrected chi connectivity index (χ0v) is 11.9. The van der Waals surface area contributed by atoms with Crippen LogP contribution >= 0.6 is 0 Å². The van der Waals surface area contributed by atoms with Crippen molar-refractivity contribution in [3.05, 3.63) is 29.6 Å². The number of fused-ring (bicyclic) bond motifs is 1. The van der Waals surface area contributed by atoms with E-state index in [0.717, 1.165) is 48.6 Å². The summed E-state index contributed by atoms with van der Waals surface area (Å²) in [7, 11) is 0. The quantitative estimate of drug-likeness (QED) is 0.875. The maximum atomic E-state index is 12.4. The highest BCUT2D eigenvalue weighted by Crippen LogP contribution is 2.19. The second kappa shape index (κ2) is 5.25. The fourth-order valence-corrected chi connectivity index (χ4v) is 2.49. The second-order valence-electron chi connectivity index (χ2n) is 5.55. The molecule has 0 radical (unpaired) electrons. The lowest BCUT2D eigenvalue weighted by Crippen LogP contribution is -2.46.